The lowest BCUT2D eigenvalue weighted by atomic mass is 9.93. The predicted octanol–water partition coefficient (Wildman–Crippen LogP) is 3.91. The molecule has 0 unspecified atom stereocenters. The zero-order valence-corrected chi connectivity index (χ0v) is 9.62. The van der Waals surface area contributed by atoms with Crippen LogP contribution in [0.1, 0.15) is 18.1 Å². The molecule has 1 aromatic rings. The summed E-state index contributed by atoms with van der Waals surface area (Å²) >= 11 is 0. The Labute approximate surface area is 96.3 Å². The third kappa shape index (κ3) is 1.89. The highest BCUT2D eigenvalue weighted by atomic mass is 14.4. The Morgan fingerprint density at radius 2 is 1.75 bits per heavy atom. The van der Waals surface area contributed by atoms with E-state index in [1.54, 1.807) is 0 Å². The predicted molar refractivity (Wildman–Crippen MR) is 69.8 cm³/mol. The summed E-state index contributed by atoms with van der Waals surface area (Å²) in [4.78, 5) is 0. The Bertz CT molecular complexity index is 516. The normalized spacial score (nSPS) is 17.8. The van der Waals surface area contributed by atoms with Crippen LogP contribution < -0.4 is 0 Å². The van der Waals surface area contributed by atoms with Gasteiger partial charge < -0.3 is 5.41 Å². The van der Waals surface area contributed by atoms with Crippen LogP contribution in [0.15, 0.2) is 54.1 Å². The van der Waals surface area contributed by atoms with E-state index in [0.717, 1.165) is 5.57 Å². The molecule has 1 heteroatoms. The number of nitrogens with one attached hydrogen (secondary N) is 1. The smallest absolute Gasteiger partial charge is 0.0615 e. The van der Waals surface area contributed by atoms with Gasteiger partial charge in [0.15, 0.2) is 0 Å². The first kappa shape index (κ1) is 10.6. The Morgan fingerprint density at radius 1 is 1.06 bits per heavy atom. The molecule has 0 atom stereocenters. The van der Waals surface area contributed by atoms with Crippen molar-refractivity contribution < 1.29 is 0 Å². The summed E-state index contributed by atoms with van der Waals surface area (Å²) in [7, 11) is 0. The van der Waals surface area contributed by atoms with Crippen molar-refractivity contribution in [3.63, 3.8) is 0 Å². The quantitative estimate of drug-likeness (QED) is 0.725. The fraction of sp³-hybridized carbons (Fsp3) is 0.133. The zero-order valence-electron chi connectivity index (χ0n) is 9.62. The molecule has 0 heterocycles. The van der Waals surface area contributed by atoms with Gasteiger partial charge in [-0.05, 0) is 36.6 Å². The van der Waals surface area contributed by atoms with Crippen LogP contribution in [-0.2, 0) is 0 Å². The van der Waals surface area contributed by atoms with Gasteiger partial charge in [-0.3, -0.25) is 0 Å². The van der Waals surface area contributed by atoms with E-state index in [4.69, 9.17) is 5.41 Å². The molecule has 1 aromatic carbocycles. The first-order chi connectivity index (χ1) is 7.70. The molecule has 1 N–H and O–H groups in total. The molecule has 2 rings (SSSR count). The van der Waals surface area contributed by atoms with Gasteiger partial charge in [-0.15, -0.1) is 0 Å². The largest absolute Gasteiger partial charge is 0.300 e. The topological polar surface area (TPSA) is 23.9 Å². The molecule has 80 valence electrons. The summed E-state index contributed by atoms with van der Waals surface area (Å²) in [5.74, 6) is 0. The van der Waals surface area contributed by atoms with E-state index >= 15 is 0 Å². The third-order valence-electron chi connectivity index (χ3n) is 2.88. The maximum Gasteiger partial charge on any atom is 0.0615 e. The second-order valence-corrected chi connectivity index (χ2v) is 3.99. The second-order valence-electron chi connectivity index (χ2n) is 3.99. The fourth-order valence-corrected chi connectivity index (χ4v) is 1.95. The molecule has 0 aromatic heterocycles. The highest BCUT2D eigenvalue weighted by Gasteiger charge is 2.08. The van der Waals surface area contributed by atoms with Gasteiger partial charge in [-0.25, -0.2) is 0 Å². The average molecular weight is 209 g/mol. The van der Waals surface area contributed by atoms with Crippen LogP contribution in [0.5, 0.6) is 0 Å². The summed E-state index contributed by atoms with van der Waals surface area (Å²) in [5, 5.41) is 7.90. The number of allylic oxidation sites excluding steroid dienone is 6. The first-order valence-electron chi connectivity index (χ1n) is 5.40. The minimum atomic E-state index is 0.586. The van der Waals surface area contributed by atoms with Gasteiger partial charge in [0.2, 0.25) is 0 Å². The van der Waals surface area contributed by atoms with Crippen molar-refractivity contribution in [2.24, 2.45) is 0 Å². The lowest BCUT2D eigenvalue weighted by molar-refractivity contribution is 1.39. The van der Waals surface area contributed by atoms with Crippen LogP contribution in [-0.4, -0.2) is 5.71 Å². The highest BCUT2D eigenvalue weighted by molar-refractivity contribution is 6.14. The molecular weight excluding hydrogens is 194 g/mol. The van der Waals surface area contributed by atoms with Gasteiger partial charge in [-0.1, -0.05) is 42.5 Å². The molecule has 0 saturated heterocycles. The number of aryl methyl sites for hydroxylation is 1. The maximum atomic E-state index is 7.90. The van der Waals surface area contributed by atoms with E-state index in [1.165, 1.54) is 16.7 Å². The van der Waals surface area contributed by atoms with E-state index in [9.17, 15) is 0 Å². The molecule has 1 nitrogen and oxygen atoms in total. The van der Waals surface area contributed by atoms with Gasteiger partial charge in [0, 0.05) is 5.57 Å². The lowest BCUT2D eigenvalue weighted by Crippen LogP contribution is -2.01. The number of benzene rings is 1. The molecule has 1 aliphatic rings. The van der Waals surface area contributed by atoms with Gasteiger partial charge in [0.25, 0.3) is 0 Å². The molecule has 16 heavy (non-hydrogen) atoms. The van der Waals surface area contributed by atoms with Gasteiger partial charge >= 0.3 is 0 Å². The van der Waals surface area contributed by atoms with Crippen molar-refractivity contribution in [1.29, 1.82) is 5.41 Å². The molecule has 0 saturated carbocycles. The molecule has 0 aliphatic heterocycles. The average Bonchev–Trinajstić information content (AvgIpc) is 2.29. The van der Waals surface area contributed by atoms with Crippen molar-refractivity contribution in [2.75, 3.05) is 0 Å². The van der Waals surface area contributed by atoms with Crippen LogP contribution >= 0.6 is 0 Å². The molecule has 0 fully saturated rings. The summed E-state index contributed by atoms with van der Waals surface area (Å²) < 4.78 is 0. The van der Waals surface area contributed by atoms with Crippen molar-refractivity contribution in [3.8, 4) is 0 Å². The standard InChI is InChI=1S/C15H15N/c1-11-7-3-4-8-13(11)12(2)14-9-5-6-10-15(14)16/h3-10,16H,1-2H3/b14-12-,16-15?. The lowest BCUT2D eigenvalue weighted by Gasteiger charge is -2.12. The van der Waals surface area contributed by atoms with Crippen LogP contribution in [0, 0.1) is 12.3 Å². The van der Waals surface area contributed by atoms with Crippen molar-refractivity contribution in [1.82, 2.24) is 0 Å². The minimum Gasteiger partial charge on any atom is -0.300 e. The molecule has 1 aliphatic carbocycles. The summed E-state index contributed by atoms with van der Waals surface area (Å²) in [5.41, 5.74) is 5.24. The number of rotatable bonds is 1. The van der Waals surface area contributed by atoms with Crippen molar-refractivity contribution >= 4 is 11.3 Å². The molecular formula is C15H15N. The fourth-order valence-electron chi connectivity index (χ4n) is 1.95. The van der Waals surface area contributed by atoms with Crippen LogP contribution in [0.4, 0.5) is 0 Å². The molecule has 0 amide bonds. The zero-order chi connectivity index (χ0) is 11.5. The number of hydrogen-bond donors (Lipinski definition) is 1. The molecule has 0 spiro atoms. The monoisotopic (exact) mass is 209 g/mol. The number of hydrogen-bond acceptors (Lipinski definition) is 1. The van der Waals surface area contributed by atoms with Crippen LogP contribution in [0.2, 0.25) is 0 Å². The van der Waals surface area contributed by atoms with Gasteiger partial charge in [0.05, 0.1) is 5.71 Å². The Hall–Kier alpha value is -1.89. The Morgan fingerprint density at radius 3 is 2.44 bits per heavy atom. The third-order valence-corrected chi connectivity index (χ3v) is 2.88. The SMILES string of the molecule is C/C(=C1\C=CC=CC1=N)c1ccccc1C. The molecule has 0 radical (unpaired) electrons. The van der Waals surface area contributed by atoms with E-state index in [-0.39, 0.29) is 0 Å². The summed E-state index contributed by atoms with van der Waals surface area (Å²) in [6.07, 6.45) is 7.72. The van der Waals surface area contributed by atoms with E-state index in [1.807, 2.05) is 36.4 Å². The van der Waals surface area contributed by atoms with Gasteiger partial charge in [-0.2, -0.15) is 0 Å². The van der Waals surface area contributed by atoms with Crippen molar-refractivity contribution in [2.45, 2.75) is 13.8 Å². The van der Waals surface area contributed by atoms with E-state index < -0.39 is 0 Å². The minimum absolute atomic E-state index is 0.586. The molecule has 0 bridgehead atoms. The van der Waals surface area contributed by atoms with Crippen molar-refractivity contribution in [3.05, 3.63) is 65.3 Å². The van der Waals surface area contributed by atoms with E-state index in [0.29, 0.717) is 5.71 Å². The Balaban J connectivity index is 2.53. The maximum absolute atomic E-state index is 7.90. The van der Waals surface area contributed by atoms with Gasteiger partial charge in [0.1, 0.15) is 0 Å². The summed E-state index contributed by atoms with van der Waals surface area (Å²) in [6.45, 7) is 4.18. The van der Waals surface area contributed by atoms with E-state index in [2.05, 4.69) is 26.0 Å². The van der Waals surface area contributed by atoms with Crippen LogP contribution in [0.25, 0.3) is 5.57 Å². The van der Waals surface area contributed by atoms with Crippen LogP contribution in [0.3, 0.4) is 0 Å². The summed E-state index contributed by atoms with van der Waals surface area (Å²) in [6, 6.07) is 8.29. The first-order valence-corrected chi connectivity index (χ1v) is 5.40. The Kier molecular flexibility index (Phi) is 2.86. The second kappa shape index (κ2) is 4.31. The highest BCUT2D eigenvalue weighted by Crippen LogP contribution is 2.24.